The minimum atomic E-state index is 0.574. The third-order valence-corrected chi connectivity index (χ3v) is 5.04. The summed E-state index contributed by atoms with van der Waals surface area (Å²) in [5, 5.41) is 3.78. The summed E-state index contributed by atoms with van der Waals surface area (Å²) in [4.78, 5) is 0. The molecule has 2 heteroatoms. The van der Waals surface area contributed by atoms with Gasteiger partial charge < -0.3 is 10.1 Å². The second-order valence-electron chi connectivity index (χ2n) is 6.70. The number of benzene rings is 1. The molecule has 1 N–H and O–H groups in total. The summed E-state index contributed by atoms with van der Waals surface area (Å²) >= 11 is 0. The molecule has 1 aromatic rings. The summed E-state index contributed by atoms with van der Waals surface area (Å²) in [6, 6.07) is 7.76. The predicted octanol–water partition coefficient (Wildman–Crippen LogP) is 3.51. The molecule has 2 atom stereocenters. The van der Waals surface area contributed by atoms with Crippen LogP contribution in [0.1, 0.15) is 49.3 Å². The first-order valence-electron chi connectivity index (χ1n) is 8.78. The molecule has 0 saturated carbocycles. The van der Waals surface area contributed by atoms with E-state index in [4.69, 9.17) is 4.74 Å². The van der Waals surface area contributed by atoms with Crippen LogP contribution in [-0.4, -0.2) is 25.8 Å². The molecule has 1 aliphatic heterocycles. The summed E-state index contributed by atoms with van der Waals surface area (Å²) in [6.07, 6.45) is 8.79. The number of hydrogen-bond acceptors (Lipinski definition) is 2. The van der Waals surface area contributed by atoms with Gasteiger partial charge in [-0.15, -0.1) is 0 Å². The van der Waals surface area contributed by atoms with Crippen molar-refractivity contribution in [2.45, 2.75) is 57.9 Å². The minimum absolute atomic E-state index is 0.574. The van der Waals surface area contributed by atoms with Gasteiger partial charge in [-0.1, -0.05) is 25.1 Å². The van der Waals surface area contributed by atoms with Gasteiger partial charge in [0.1, 0.15) is 0 Å². The zero-order chi connectivity index (χ0) is 14.5. The van der Waals surface area contributed by atoms with Crippen LogP contribution in [0.25, 0.3) is 0 Å². The number of ether oxygens (including phenoxy) is 1. The van der Waals surface area contributed by atoms with Crippen LogP contribution in [-0.2, 0) is 24.0 Å². The largest absolute Gasteiger partial charge is 0.381 e. The van der Waals surface area contributed by atoms with Gasteiger partial charge >= 0.3 is 0 Å². The number of hydrogen-bond donors (Lipinski definition) is 1. The average molecular weight is 287 g/mol. The lowest BCUT2D eigenvalue weighted by atomic mass is 9.88. The van der Waals surface area contributed by atoms with Crippen LogP contribution in [0.2, 0.25) is 0 Å². The minimum Gasteiger partial charge on any atom is -0.381 e. The first-order chi connectivity index (χ1) is 10.4. The van der Waals surface area contributed by atoms with Crippen molar-refractivity contribution in [1.29, 1.82) is 0 Å². The Balaban J connectivity index is 1.67. The van der Waals surface area contributed by atoms with Crippen molar-refractivity contribution in [2.75, 3.05) is 19.8 Å². The number of rotatable bonds is 6. The highest BCUT2D eigenvalue weighted by molar-refractivity contribution is 5.35. The highest BCUT2D eigenvalue weighted by Gasteiger charge is 2.24. The fourth-order valence-corrected chi connectivity index (χ4v) is 3.82. The molecular formula is C19H29NO. The van der Waals surface area contributed by atoms with Crippen LogP contribution in [0.3, 0.4) is 0 Å². The lowest BCUT2D eigenvalue weighted by Crippen LogP contribution is -2.42. The lowest BCUT2D eigenvalue weighted by Gasteiger charge is -2.31. The van der Waals surface area contributed by atoms with E-state index in [2.05, 4.69) is 30.4 Å². The Morgan fingerprint density at radius 2 is 2.14 bits per heavy atom. The molecule has 1 saturated heterocycles. The van der Waals surface area contributed by atoms with Crippen LogP contribution < -0.4 is 5.32 Å². The van der Waals surface area contributed by atoms with E-state index in [1.54, 1.807) is 11.1 Å². The molecule has 0 aromatic heterocycles. The topological polar surface area (TPSA) is 21.3 Å². The van der Waals surface area contributed by atoms with Gasteiger partial charge in [0, 0.05) is 12.6 Å². The highest BCUT2D eigenvalue weighted by Crippen LogP contribution is 2.25. The Hall–Kier alpha value is -0.860. The molecule has 1 aromatic carbocycles. The molecule has 0 radical (unpaired) electrons. The summed E-state index contributed by atoms with van der Waals surface area (Å²) in [6.45, 7) is 5.26. The molecule has 3 rings (SSSR count). The Bertz CT molecular complexity index is 451. The fraction of sp³-hybridized carbons (Fsp3) is 0.684. The molecule has 2 aliphatic rings. The molecular weight excluding hydrogens is 258 g/mol. The molecule has 0 amide bonds. The van der Waals surface area contributed by atoms with Crippen LogP contribution in [0.5, 0.6) is 0 Å². The maximum atomic E-state index is 5.71. The predicted molar refractivity (Wildman–Crippen MR) is 87.8 cm³/mol. The first-order valence-corrected chi connectivity index (χ1v) is 8.78. The Morgan fingerprint density at radius 1 is 1.24 bits per heavy atom. The van der Waals surface area contributed by atoms with Gasteiger partial charge in [-0.05, 0) is 74.1 Å². The summed E-state index contributed by atoms with van der Waals surface area (Å²) < 4.78 is 5.71. The van der Waals surface area contributed by atoms with E-state index in [0.717, 1.165) is 26.2 Å². The molecule has 0 bridgehead atoms. The van der Waals surface area contributed by atoms with E-state index in [-0.39, 0.29) is 0 Å². The second kappa shape index (κ2) is 7.42. The van der Waals surface area contributed by atoms with Crippen molar-refractivity contribution in [3.63, 3.8) is 0 Å². The van der Waals surface area contributed by atoms with Gasteiger partial charge in [0.25, 0.3) is 0 Å². The van der Waals surface area contributed by atoms with Crippen LogP contribution in [0, 0.1) is 5.92 Å². The zero-order valence-electron chi connectivity index (χ0n) is 13.4. The van der Waals surface area contributed by atoms with Gasteiger partial charge in [-0.2, -0.15) is 0 Å². The van der Waals surface area contributed by atoms with Crippen molar-refractivity contribution in [3.8, 4) is 0 Å². The van der Waals surface area contributed by atoms with E-state index in [9.17, 15) is 0 Å². The van der Waals surface area contributed by atoms with Crippen LogP contribution >= 0.6 is 0 Å². The van der Waals surface area contributed by atoms with Crippen molar-refractivity contribution in [1.82, 2.24) is 5.32 Å². The molecule has 1 heterocycles. The molecule has 0 spiro atoms. The SMILES string of the molecule is CCCNC(Cc1ccc2c(c1)CCC2)C1CCCOC1. The molecule has 21 heavy (non-hydrogen) atoms. The molecule has 2 nitrogen and oxygen atoms in total. The van der Waals surface area contributed by atoms with E-state index < -0.39 is 0 Å². The lowest BCUT2D eigenvalue weighted by molar-refractivity contribution is 0.0393. The van der Waals surface area contributed by atoms with Gasteiger partial charge in [0.05, 0.1) is 6.61 Å². The third-order valence-electron chi connectivity index (χ3n) is 5.04. The maximum absolute atomic E-state index is 5.71. The quantitative estimate of drug-likeness (QED) is 0.864. The Labute approximate surface area is 129 Å². The third kappa shape index (κ3) is 3.87. The van der Waals surface area contributed by atoms with Crippen molar-refractivity contribution >= 4 is 0 Å². The Morgan fingerprint density at radius 3 is 2.95 bits per heavy atom. The monoisotopic (exact) mass is 287 g/mol. The van der Waals surface area contributed by atoms with Crippen LogP contribution in [0.4, 0.5) is 0 Å². The van der Waals surface area contributed by atoms with Crippen molar-refractivity contribution < 1.29 is 4.74 Å². The molecule has 1 aliphatic carbocycles. The highest BCUT2D eigenvalue weighted by atomic mass is 16.5. The molecule has 116 valence electrons. The van der Waals surface area contributed by atoms with Crippen LogP contribution in [0.15, 0.2) is 18.2 Å². The second-order valence-corrected chi connectivity index (χ2v) is 6.70. The normalized spacial score (nSPS) is 23.0. The van der Waals surface area contributed by atoms with E-state index >= 15 is 0 Å². The van der Waals surface area contributed by atoms with Gasteiger partial charge in [0.15, 0.2) is 0 Å². The summed E-state index contributed by atoms with van der Waals surface area (Å²) in [5.41, 5.74) is 4.69. The van der Waals surface area contributed by atoms with Gasteiger partial charge in [-0.3, -0.25) is 0 Å². The van der Waals surface area contributed by atoms with Crippen molar-refractivity contribution in [2.24, 2.45) is 5.92 Å². The fourth-order valence-electron chi connectivity index (χ4n) is 3.82. The average Bonchev–Trinajstić information content (AvgIpc) is 3.00. The first kappa shape index (κ1) is 15.1. The summed E-state index contributed by atoms with van der Waals surface area (Å²) in [7, 11) is 0. The zero-order valence-corrected chi connectivity index (χ0v) is 13.4. The molecule has 1 fully saturated rings. The number of aryl methyl sites for hydroxylation is 2. The van der Waals surface area contributed by atoms with E-state index in [1.807, 2.05) is 0 Å². The van der Waals surface area contributed by atoms with Crippen molar-refractivity contribution in [3.05, 3.63) is 34.9 Å². The maximum Gasteiger partial charge on any atom is 0.0509 e. The smallest absolute Gasteiger partial charge is 0.0509 e. The standard InChI is InChI=1S/C19H29NO/c1-2-10-20-19(18-7-4-11-21-14-18)13-15-8-9-16-5-3-6-17(16)12-15/h8-9,12,18-20H,2-7,10-11,13-14H2,1H3. The van der Waals surface area contributed by atoms with Gasteiger partial charge in [0.2, 0.25) is 0 Å². The van der Waals surface area contributed by atoms with E-state index in [0.29, 0.717) is 12.0 Å². The Kier molecular flexibility index (Phi) is 5.32. The summed E-state index contributed by atoms with van der Waals surface area (Å²) in [5.74, 6) is 0.679. The van der Waals surface area contributed by atoms with E-state index in [1.165, 1.54) is 44.1 Å². The van der Waals surface area contributed by atoms with Gasteiger partial charge in [-0.25, -0.2) is 0 Å². The number of nitrogens with one attached hydrogen (secondary N) is 1. The number of fused-ring (bicyclic) bond motifs is 1. The molecule has 2 unspecified atom stereocenters.